The molecule has 0 fully saturated rings. The number of benzene rings is 3. The van der Waals surface area contributed by atoms with Gasteiger partial charge >= 0.3 is 31.7 Å². The summed E-state index contributed by atoms with van der Waals surface area (Å²) < 4.78 is 63.4. The third kappa shape index (κ3) is 23.7. The van der Waals surface area contributed by atoms with Gasteiger partial charge in [0.2, 0.25) is 5.91 Å². The van der Waals surface area contributed by atoms with Crippen LogP contribution in [0.5, 0.6) is 11.5 Å². The minimum Gasteiger partial charge on any atom is -0.480 e. The molecule has 2 atom stereocenters. The van der Waals surface area contributed by atoms with Gasteiger partial charge in [-0.15, -0.1) is 24.8 Å². The van der Waals surface area contributed by atoms with Crippen molar-refractivity contribution in [3.63, 3.8) is 0 Å². The SMILES string of the molecule is C=CCN(CC=C)C(=O)C(Cl)Cl.CCc1cccc(C)c1N(C(=O)CCl)C(C)COC.C[C@H](OC(=O)c1cc(Oc2ccc(C(F)(F)F)cc2Cl)ccc1Cl)C(=O)O.O=C(O)CNCP(=O)(O)O. The van der Waals surface area contributed by atoms with E-state index in [1.807, 2.05) is 26.0 Å². The highest BCUT2D eigenvalue weighted by molar-refractivity contribution is 7.51. The predicted molar refractivity (Wildman–Crippen MR) is 256 cm³/mol. The number of aliphatic carboxylic acids is 2. The number of aryl methyl sites for hydroxylation is 2. The minimum atomic E-state index is -4.56. The molecule has 1 unspecified atom stereocenters. The Morgan fingerprint density at radius 3 is 2.00 bits per heavy atom. The van der Waals surface area contributed by atoms with E-state index in [2.05, 4.69) is 31.5 Å². The van der Waals surface area contributed by atoms with Gasteiger partial charge in [0.15, 0.2) is 10.9 Å². The molecule has 0 bridgehead atoms. The monoisotopic (exact) mass is 1080 g/mol. The molecule has 378 valence electrons. The average Bonchev–Trinajstić information content (AvgIpc) is 3.24. The first-order valence-corrected chi connectivity index (χ1v) is 23.6. The number of para-hydroxylation sites is 1. The van der Waals surface area contributed by atoms with Gasteiger partial charge in [-0.1, -0.05) is 83.7 Å². The van der Waals surface area contributed by atoms with Gasteiger partial charge in [-0.25, -0.2) is 9.59 Å². The van der Waals surface area contributed by atoms with Crippen LogP contribution in [-0.4, -0.2) is 117 Å². The molecule has 16 nitrogen and oxygen atoms in total. The summed E-state index contributed by atoms with van der Waals surface area (Å²) in [7, 11) is -2.46. The number of alkyl halides is 6. The fourth-order valence-electron chi connectivity index (χ4n) is 5.22. The van der Waals surface area contributed by atoms with Crippen LogP contribution in [0, 0.1) is 6.92 Å². The summed E-state index contributed by atoms with van der Waals surface area (Å²) in [4.78, 5) is 74.5. The number of carboxylic acids is 2. The first kappa shape index (κ1) is 63.6. The average molecular weight is 1080 g/mol. The van der Waals surface area contributed by atoms with E-state index in [1.165, 1.54) is 17.0 Å². The van der Waals surface area contributed by atoms with E-state index in [1.54, 1.807) is 24.2 Å². The highest BCUT2D eigenvalue weighted by Crippen LogP contribution is 2.37. The molecule has 0 aromatic heterocycles. The highest BCUT2D eigenvalue weighted by atomic mass is 35.5. The van der Waals surface area contributed by atoms with Crippen LogP contribution in [0.3, 0.4) is 0 Å². The number of nitrogens with one attached hydrogen (secondary N) is 1. The van der Waals surface area contributed by atoms with E-state index in [4.69, 9.17) is 92.2 Å². The fourth-order valence-corrected chi connectivity index (χ4v) is 6.44. The molecule has 5 N–H and O–H groups in total. The Balaban J connectivity index is 0.000000953. The summed E-state index contributed by atoms with van der Waals surface area (Å²) in [5, 5.41) is 18.5. The molecule has 3 aromatic carbocycles. The molecule has 0 aliphatic rings. The molecule has 0 saturated heterocycles. The standard InChI is InChI=1S/C17H11Cl2F3O5.C15H22ClNO2.C8H11Cl2NO.C3H8NO5P/c1-8(15(23)24)26-16(25)11-7-10(3-4-12(11)18)27-14-5-2-9(6-13(14)19)17(20,21)22;1-5-13-8-6-7-11(2)15(13)17(14(18)9-16)12(3)10-19-4;1-3-5-11(6-4-2)8(12)7(9)10;5-3(6)1-4-2-10(7,8)9/h2-8H,1H3,(H,23,24);6-8,12H,5,9-10H2,1-4H3;3-4,7H,1-2,5-6H2;4H,1-2H2,(H,5,6)(H2,7,8,9)/t8-;;;/m0.../s1. The highest BCUT2D eigenvalue weighted by Gasteiger charge is 2.31. The molecule has 0 aliphatic heterocycles. The van der Waals surface area contributed by atoms with Crippen molar-refractivity contribution in [1.29, 1.82) is 0 Å². The zero-order chi connectivity index (χ0) is 52.5. The number of methoxy groups -OCH3 is 1. The van der Waals surface area contributed by atoms with Crippen LogP contribution in [0.15, 0.2) is 79.9 Å². The van der Waals surface area contributed by atoms with Gasteiger partial charge in [0.25, 0.3) is 5.91 Å². The molecule has 0 radical (unpaired) electrons. The molecule has 25 heteroatoms. The molecule has 68 heavy (non-hydrogen) atoms. The molecule has 3 rings (SSSR count). The van der Waals surface area contributed by atoms with Crippen molar-refractivity contribution >= 4 is 101 Å². The van der Waals surface area contributed by atoms with Crippen LogP contribution in [0.2, 0.25) is 10.0 Å². The van der Waals surface area contributed by atoms with E-state index in [0.717, 1.165) is 48.4 Å². The van der Waals surface area contributed by atoms with Crippen LogP contribution in [0.4, 0.5) is 18.9 Å². The van der Waals surface area contributed by atoms with E-state index in [0.29, 0.717) is 25.8 Å². The largest absolute Gasteiger partial charge is 0.480 e. The van der Waals surface area contributed by atoms with Gasteiger partial charge in [0.1, 0.15) is 17.4 Å². The second-order valence-electron chi connectivity index (χ2n) is 13.7. The third-order valence-electron chi connectivity index (χ3n) is 8.24. The number of ether oxygens (including phenoxy) is 3. The van der Waals surface area contributed by atoms with Gasteiger partial charge < -0.3 is 44.0 Å². The fraction of sp³-hybridized carbons (Fsp3) is 0.372. The number of hydrogen-bond acceptors (Lipinski definition) is 10. The second-order valence-corrected chi connectivity index (χ2v) is 17.5. The Bertz CT molecular complexity index is 2210. The van der Waals surface area contributed by atoms with Crippen LogP contribution in [0.25, 0.3) is 0 Å². The third-order valence-corrected chi connectivity index (χ3v) is 10.1. The summed E-state index contributed by atoms with van der Waals surface area (Å²) in [5.41, 5.74) is 2.09. The van der Waals surface area contributed by atoms with E-state index < -0.39 is 61.0 Å². The quantitative estimate of drug-likeness (QED) is 0.0307. The molecule has 0 spiro atoms. The van der Waals surface area contributed by atoms with Gasteiger partial charge in [-0.05, 0) is 74.7 Å². The Morgan fingerprint density at radius 1 is 0.941 bits per heavy atom. The van der Waals surface area contributed by atoms with Crippen LogP contribution in [-0.2, 0) is 45.8 Å². The number of carboxylic acid groups (broad SMARTS) is 2. The molecule has 2 amide bonds. The van der Waals surface area contributed by atoms with E-state index >= 15 is 0 Å². The molecule has 0 aliphatic carbocycles. The maximum atomic E-state index is 12.7. The predicted octanol–water partition coefficient (Wildman–Crippen LogP) is 9.39. The zero-order valence-corrected chi connectivity index (χ0v) is 41.9. The Labute approximate surface area is 416 Å². The number of amides is 2. The van der Waals surface area contributed by atoms with Crippen molar-refractivity contribution in [2.45, 2.75) is 57.3 Å². The number of anilines is 1. The zero-order valence-electron chi connectivity index (χ0n) is 37.3. The topological polar surface area (TPSA) is 230 Å². The number of carbonyl (C=O) groups is 5. The van der Waals surface area contributed by atoms with Gasteiger partial charge in [0.05, 0.1) is 52.3 Å². The van der Waals surface area contributed by atoms with Gasteiger partial charge in [-0.3, -0.25) is 24.3 Å². The van der Waals surface area contributed by atoms with Gasteiger partial charge in [0, 0.05) is 20.2 Å². The van der Waals surface area contributed by atoms with E-state index in [-0.39, 0.29) is 50.8 Å². The maximum absolute atomic E-state index is 12.7. The van der Waals surface area contributed by atoms with Crippen molar-refractivity contribution in [2.75, 3.05) is 50.4 Å². The van der Waals surface area contributed by atoms with Crippen molar-refractivity contribution in [3.8, 4) is 11.5 Å². The molecule has 3 aromatic rings. The summed E-state index contributed by atoms with van der Waals surface area (Å²) in [6, 6.07) is 12.4. The number of esters is 1. The first-order chi connectivity index (χ1) is 31.6. The van der Waals surface area contributed by atoms with Gasteiger partial charge in [-0.2, -0.15) is 13.2 Å². The lowest BCUT2D eigenvalue weighted by Gasteiger charge is -2.31. The molecular formula is C43H52Cl5F3N3O13P. The molecule has 0 saturated carbocycles. The van der Waals surface area contributed by atoms with Crippen molar-refractivity contribution < 1.29 is 75.9 Å². The summed E-state index contributed by atoms with van der Waals surface area (Å²) in [6.07, 6.45) is -2.46. The van der Waals surface area contributed by atoms with Crippen molar-refractivity contribution in [1.82, 2.24) is 10.2 Å². The maximum Gasteiger partial charge on any atom is 0.416 e. The lowest BCUT2D eigenvalue weighted by atomic mass is 10.0. The lowest BCUT2D eigenvalue weighted by Crippen LogP contribution is -2.43. The van der Waals surface area contributed by atoms with Crippen LogP contribution >= 0.6 is 65.6 Å². The smallest absolute Gasteiger partial charge is 0.416 e. The van der Waals surface area contributed by atoms with E-state index in [9.17, 15) is 41.7 Å². The van der Waals surface area contributed by atoms with Crippen LogP contribution in [0.1, 0.15) is 47.8 Å². The Kier molecular flexibility index (Phi) is 29.6. The number of nitrogens with zero attached hydrogens (tertiary/aromatic N) is 2. The van der Waals surface area contributed by atoms with Crippen molar-refractivity contribution in [3.05, 3.63) is 112 Å². The number of rotatable bonds is 20. The Hall–Kier alpha value is -4.40. The number of carbonyl (C=O) groups excluding carboxylic acids is 3. The van der Waals surface area contributed by atoms with Crippen LogP contribution < -0.4 is 15.0 Å². The molecular weight excluding hydrogens is 1030 g/mol. The second kappa shape index (κ2) is 31.7. The summed E-state index contributed by atoms with van der Waals surface area (Å²) >= 11 is 28.3. The van der Waals surface area contributed by atoms with Crippen molar-refractivity contribution in [2.24, 2.45) is 0 Å². The first-order valence-electron chi connectivity index (χ1n) is 19.6. The molecule has 0 heterocycles. The minimum absolute atomic E-state index is 0.0223. The Morgan fingerprint density at radius 2 is 1.54 bits per heavy atom. The summed E-state index contributed by atoms with van der Waals surface area (Å²) in [6.45, 7) is 15.2. The normalized spacial score (nSPS) is 11.7. The summed E-state index contributed by atoms with van der Waals surface area (Å²) in [5.74, 6) is -3.96. The lowest BCUT2D eigenvalue weighted by molar-refractivity contribution is -0.146. The number of hydrogen-bond donors (Lipinski definition) is 5. The number of halogens is 8.